The number of fused-ring (bicyclic) bond motifs is 7. The van der Waals surface area contributed by atoms with E-state index in [1.54, 1.807) is 5.57 Å². The third-order valence-electron chi connectivity index (χ3n) is 12.0. The Morgan fingerprint density at radius 3 is 2.65 bits per heavy atom. The summed E-state index contributed by atoms with van der Waals surface area (Å²) in [6.45, 7) is 11.3. The van der Waals surface area contributed by atoms with E-state index in [0.29, 0.717) is 22.9 Å². The van der Waals surface area contributed by atoms with E-state index in [4.69, 9.17) is 4.74 Å². The SMILES string of the molecule is C[C@@H]1CC[C@]2(O[C@H]3C[C@H]4[C@@H]5CC=C6C[C@@H](O)CC[C@]6(C)[C@H]5CC[C@]4(C)[C@H]3[C@@H]2C)N(C)C1. The minimum atomic E-state index is -0.101. The summed E-state index contributed by atoms with van der Waals surface area (Å²) in [4.78, 5) is 2.60. The van der Waals surface area contributed by atoms with Crippen molar-refractivity contribution < 1.29 is 9.84 Å². The molecule has 4 aliphatic carbocycles. The molecule has 0 unspecified atom stereocenters. The number of likely N-dealkylation sites (tertiary alicyclic amines) is 1. The summed E-state index contributed by atoms with van der Waals surface area (Å²) in [5.74, 6) is 4.61. The molecule has 5 fully saturated rings. The first-order valence-electron chi connectivity index (χ1n) is 13.5. The molecule has 1 N–H and O–H groups in total. The third kappa shape index (κ3) is 2.69. The summed E-state index contributed by atoms with van der Waals surface area (Å²) >= 11 is 0. The van der Waals surface area contributed by atoms with Gasteiger partial charge in [0.25, 0.3) is 0 Å². The van der Waals surface area contributed by atoms with Crippen LogP contribution >= 0.6 is 0 Å². The quantitative estimate of drug-likeness (QED) is 0.509. The second-order valence-electron chi connectivity index (χ2n) is 13.3. The van der Waals surface area contributed by atoms with E-state index in [0.717, 1.165) is 42.4 Å². The summed E-state index contributed by atoms with van der Waals surface area (Å²) in [6.07, 6.45) is 13.9. The number of aliphatic hydroxyl groups is 1. The van der Waals surface area contributed by atoms with Crippen LogP contribution in [0.5, 0.6) is 0 Å². The van der Waals surface area contributed by atoms with Gasteiger partial charge < -0.3 is 9.84 Å². The van der Waals surface area contributed by atoms with Crippen LogP contribution in [-0.2, 0) is 4.74 Å². The van der Waals surface area contributed by atoms with Crippen molar-refractivity contribution in [3.63, 3.8) is 0 Å². The lowest BCUT2D eigenvalue weighted by molar-refractivity contribution is -0.186. The van der Waals surface area contributed by atoms with E-state index in [-0.39, 0.29) is 11.8 Å². The van der Waals surface area contributed by atoms with Crippen LogP contribution in [-0.4, -0.2) is 41.5 Å². The van der Waals surface area contributed by atoms with Gasteiger partial charge in [-0.25, -0.2) is 0 Å². The smallest absolute Gasteiger partial charge is 0.124 e. The molecular weight excluding hydrogens is 382 g/mol. The Labute approximate surface area is 190 Å². The number of rotatable bonds is 0. The molecule has 0 aromatic carbocycles. The first-order chi connectivity index (χ1) is 14.7. The highest BCUT2D eigenvalue weighted by molar-refractivity contribution is 5.26. The van der Waals surface area contributed by atoms with Gasteiger partial charge in [-0.05, 0) is 105 Å². The molecule has 2 aliphatic heterocycles. The number of ether oxygens (including phenoxy) is 1. The van der Waals surface area contributed by atoms with Gasteiger partial charge >= 0.3 is 0 Å². The zero-order valence-electron chi connectivity index (χ0n) is 20.6. The van der Waals surface area contributed by atoms with Gasteiger partial charge in [0.05, 0.1) is 12.2 Å². The fourth-order valence-electron chi connectivity index (χ4n) is 10.4. The Bertz CT molecular complexity index is 779. The van der Waals surface area contributed by atoms with Gasteiger partial charge in [0.1, 0.15) is 5.72 Å². The fraction of sp³-hybridized carbons (Fsp3) is 0.929. The number of hydrogen-bond acceptors (Lipinski definition) is 3. The van der Waals surface area contributed by atoms with E-state index in [1.165, 1.54) is 51.5 Å². The molecule has 2 saturated heterocycles. The Hall–Kier alpha value is -0.380. The molecule has 1 spiro atoms. The molecule has 174 valence electrons. The molecule has 0 aromatic rings. The van der Waals surface area contributed by atoms with Crippen LogP contribution < -0.4 is 0 Å². The number of aliphatic hydroxyl groups excluding tert-OH is 1. The maximum Gasteiger partial charge on any atom is 0.124 e. The Balaban J connectivity index is 1.29. The first-order valence-corrected chi connectivity index (χ1v) is 13.5. The highest BCUT2D eigenvalue weighted by Crippen LogP contribution is 2.70. The maximum atomic E-state index is 10.3. The van der Waals surface area contributed by atoms with Crippen molar-refractivity contribution in [3.8, 4) is 0 Å². The number of nitrogens with zero attached hydrogens (tertiary/aromatic N) is 1. The van der Waals surface area contributed by atoms with Gasteiger partial charge in [-0.15, -0.1) is 0 Å². The topological polar surface area (TPSA) is 32.7 Å². The van der Waals surface area contributed by atoms with Crippen molar-refractivity contribution in [1.82, 2.24) is 4.90 Å². The van der Waals surface area contributed by atoms with E-state index in [9.17, 15) is 5.11 Å². The molecule has 3 nitrogen and oxygen atoms in total. The third-order valence-corrected chi connectivity index (χ3v) is 12.0. The Morgan fingerprint density at radius 2 is 1.87 bits per heavy atom. The average molecular weight is 428 g/mol. The zero-order chi connectivity index (χ0) is 21.8. The molecule has 0 amide bonds. The van der Waals surface area contributed by atoms with Gasteiger partial charge in [-0.3, -0.25) is 4.90 Å². The van der Waals surface area contributed by atoms with Gasteiger partial charge in [-0.1, -0.05) is 39.3 Å². The number of allylic oxidation sites excluding steroid dienone is 1. The second-order valence-corrected chi connectivity index (χ2v) is 13.3. The normalized spacial score (nSPS) is 59.0. The summed E-state index contributed by atoms with van der Waals surface area (Å²) < 4.78 is 7.15. The molecule has 2 heterocycles. The Morgan fingerprint density at radius 1 is 1.06 bits per heavy atom. The molecule has 0 aromatic heterocycles. The van der Waals surface area contributed by atoms with E-state index in [1.807, 2.05) is 0 Å². The predicted molar refractivity (Wildman–Crippen MR) is 124 cm³/mol. The van der Waals surface area contributed by atoms with Gasteiger partial charge in [-0.2, -0.15) is 0 Å². The first kappa shape index (κ1) is 21.2. The van der Waals surface area contributed by atoms with Crippen molar-refractivity contribution in [2.45, 2.75) is 103 Å². The minimum absolute atomic E-state index is 0.00219. The number of piperidine rings is 1. The lowest BCUT2D eigenvalue weighted by Gasteiger charge is -2.58. The maximum absolute atomic E-state index is 10.3. The van der Waals surface area contributed by atoms with Crippen molar-refractivity contribution >= 4 is 0 Å². The molecule has 0 radical (unpaired) electrons. The molecule has 6 aliphatic rings. The van der Waals surface area contributed by atoms with Crippen molar-refractivity contribution in [2.24, 2.45) is 46.3 Å². The zero-order valence-corrected chi connectivity index (χ0v) is 20.6. The van der Waals surface area contributed by atoms with Crippen LogP contribution in [0, 0.1) is 46.3 Å². The number of hydrogen-bond donors (Lipinski definition) is 1. The van der Waals surface area contributed by atoms with Crippen LogP contribution in [0.2, 0.25) is 0 Å². The van der Waals surface area contributed by atoms with Crippen LogP contribution in [0.4, 0.5) is 0 Å². The Kier molecular flexibility index (Phi) is 4.66. The van der Waals surface area contributed by atoms with Crippen molar-refractivity contribution in [3.05, 3.63) is 11.6 Å². The monoisotopic (exact) mass is 427 g/mol. The van der Waals surface area contributed by atoms with Crippen LogP contribution in [0.25, 0.3) is 0 Å². The fourth-order valence-corrected chi connectivity index (χ4v) is 10.4. The van der Waals surface area contributed by atoms with E-state index >= 15 is 0 Å². The molecule has 31 heavy (non-hydrogen) atoms. The second kappa shape index (κ2) is 6.83. The summed E-state index contributed by atoms with van der Waals surface area (Å²) in [6, 6.07) is 0. The highest BCUT2D eigenvalue weighted by atomic mass is 16.5. The minimum Gasteiger partial charge on any atom is -0.393 e. The van der Waals surface area contributed by atoms with Gasteiger partial charge in [0, 0.05) is 12.5 Å². The van der Waals surface area contributed by atoms with Crippen LogP contribution in [0.15, 0.2) is 11.6 Å². The molecule has 6 rings (SSSR count). The summed E-state index contributed by atoms with van der Waals surface area (Å²) in [5.41, 5.74) is 2.37. The molecular formula is C28H45NO2. The molecule has 0 bridgehead atoms. The van der Waals surface area contributed by atoms with Crippen molar-refractivity contribution in [1.29, 1.82) is 0 Å². The summed E-state index contributed by atoms with van der Waals surface area (Å²) in [5, 5.41) is 10.3. The van der Waals surface area contributed by atoms with E-state index < -0.39 is 0 Å². The van der Waals surface area contributed by atoms with Crippen LogP contribution in [0.1, 0.15) is 85.5 Å². The summed E-state index contributed by atoms with van der Waals surface area (Å²) in [7, 11) is 2.33. The van der Waals surface area contributed by atoms with Gasteiger partial charge in [0.15, 0.2) is 0 Å². The largest absolute Gasteiger partial charge is 0.393 e. The lowest BCUT2D eigenvalue weighted by Crippen LogP contribution is -2.57. The average Bonchev–Trinajstić information content (AvgIpc) is 3.17. The van der Waals surface area contributed by atoms with Crippen molar-refractivity contribution in [2.75, 3.05) is 13.6 Å². The van der Waals surface area contributed by atoms with Crippen LogP contribution in [0.3, 0.4) is 0 Å². The van der Waals surface area contributed by atoms with E-state index in [2.05, 4.69) is 45.7 Å². The lowest BCUT2D eigenvalue weighted by atomic mass is 9.47. The van der Waals surface area contributed by atoms with Gasteiger partial charge in [0.2, 0.25) is 0 Å². The highest BCUT2D eigenvalue weighted by Gasteiger charge is 2.68. The standard InChI is InChI=1S/C28H45NO2/c1-17-8-13-28(29(5)16-17)18(2)25-24(31-28)15-23-21-7-6-19-14-20(30)9-11-26(19,3)22(21)10-12-27(23,25)4/h6,17-18,20-25,30H,7-16H2,1-5H3/t17-,18+,20+,21-,22+,23+,24+,25+,26+,27+,28-/m1/s1. The molecule has 3 saturated carbocycles. The molecule has 11 atom stereocenters. The predicted octanol–water partition coefficient (Wildman–Crippen LogP) is 5.63. The molecule has 3 heteroatoms.